The van der Waals surface area contributed by atoms with Gasteiger partial charge in [-0.05, 0) is 0 Å². The molecule has 0 bridgehead atoms. The molecular formula is C16H19N5O7S2. The van der Waals surface area contributed by atoms with Crippen molar-refractivity contribution >= 4 is 58.0 Å². The number of amides is 2. The number of hydrogen-bond donors (Lipinski definition) is 3. The Labute approximate surface area is 179 Å². The topological polar surface area (TPSA) is 160 Å². The van der Waals surface area contributed by atoms with E-state index < -0.39 is 40.2 Å². The van der Waals surface area contributed by atoms with E-state index in [1.807, 2.05) is 0 Å². The van der Waals surface area contributed by atoms with Crippen LogP contribution in [-0.2, 0) is 28.8 Å². The number of aliphatic carboxylic acids is 1. The minimum absolute atomic E-state index is 0.131. The number of nitrogens with zero attached hydrogens (tertiary/aromatic N) is 3. The molecule has 0 saturated carbocycles. The Morgan fingerprint density at radius 3 is 2.73 bits per heavy atom. The van der Waals surface area contributed by atoms with Gasteiger partial charge in [0.15, 0.2) is 10.8 Å². The molecule has 4 atom stereocenters. The van der Waals surface area contributed by atoms with Crippen molar-refractivity contribution in [3.05, 3.63) is 11.1 Å². The van der Waals surface area contributed by atoms with Gasteiger partial charge in [-0.2, -0.15) is 0 Å². The predicted molar refractivity (Wildman–Crippen MR) is 107 cm³/mol. The van der Waals surface area contributed by atoms with Crippen LogP contribution < -0.4 is 10.6 Å². The Morgan fingerprint density at radius 1 is 1.47 bits per heavy atom. The first kappa shape index (κ1) is 22.0. The standard InChI is InChI=1S/C16H19N5O7S2/c1-17-15-18-7(6-29-15)9(20-28-3)11(23)19-10-12(24)21-13(10)30-8(4-5-22)16(21,27-2)14(25)26/h5-6,8,10,13H,4H2,1-3H3,(H,17,18)(H,19,23)(H,25,26)/b20-9+/t8-,10+,13?,16-/m0/s1. The highest BCUT2D eigenvalue weighted by molar-refractivity contribution is 8.01. The van der Waals surface area contributed by atoms with Gasteiger partial charge in [0.05, 0.1) is 5.25 Å². The summed E-state index contributed by atoms with van der Waals surface area (Å²) in [5, 5.41) is 19.4. The zero-order valence-corrected chi connectivity index (χ0v) is 17.8. The van der Waals surface area contributed by atoms with Crippen LogP contribution in [0.4, 0.5) is 5.13 Å². The number of carbonyl (C=O) groups is 4. The van der Waals surface area contributed by atoms with Gasteiger partial charge < -0.3 is 30.1 Å². The number of fused-ring (bicyclic) bond motifs is 1. The molecule has 1 aromatic heterocycles. The average molecular weight is 457 g/mol. The highest BCUT2D eigenvalue weighted by Crippen LogP contribution is 2.51. The Kier molecular flexibility index (Phi) is 6.28. The molecule has 14 heteroatoms. The van der Waals surface area contributed by atoms with Crippen molar-refractivity contribution in [2.75, 3.05) is 26.6 Å². The number of β-lactam (4-membered cyclic amide) rings is 1. The third kappa shape index (κ3) is 3.30. The minimum atomic E-state index is -1.98. The van der Waals surface area contributed by atoms with Crippen molar-refractivity contribution in [1.82, 2.24) is 15.2 Å². The van der Waals surface area contributed by atoms with Crippen molar-refractivity contribution < 1.29 is 33.9 Å². The predicted octanol–water partition coefficient (Wildman–Crippen LogP) is -0.680. The van der Waals surface area contributed by atoms with Gasteiger partial charge in [-0.25, -0.2) is 9.78 Å². The van der Waals surface area contributed by atoms with Crippen LogP contribution in [0.1, 0.15) is 12.1 Å². The van der Waals surface area contributed by atoms with Crippen molar-refractivity contribution in [3.63, 3.8) is 0 Å². The number of thioether (sulfide) groups is 1. The first-order chi connectivity index (χ1) is 14.3. The highest BCUT2D eigenvalue weighted by atomic mass is 32.2. The van der Waals surface area contributed by atoms with E-state index in [4.69, 9.17) is 9.57 Å². The van der Waals surface area contributed by atoms with Crippen molar-refractivity contribution in [1.29, 1.82) is 0 Å². The number of hydrogen-bond acceptors (Lipinski definition) is 11. The van der Waals surface area contributed by atoms with E-state index in [9.17, 15) is 24.3 Å². The maximum atomic E-state index is 12.8. The average Bonchev–Trinajstić information content (AvgIpc) is 3.31. The van der Waals surface area contributed by atoms with E-state index in [1.165, 1.54) is 25.6 Å². The molecule has 162 valence electrons. The summed E-state index contributed by atoms with van der Waals surface area (Å²) in [6.45, 7) is 0. The van der Waals surface area contributed by atoms with E-state index in [2.05, 4.69) is 20.8 Å². The number of ether oxygens (including phenoxy) is 1. The zero-order chi connectivity index (χ0) is 22.1. The number of aldehydes is 1. The number of carboxylic acid groups (broad SMARTS) is 1. The summed E-state index contributed by atoms with van der Waals surface area (Å²) in [6, 6.07) is -1.02. The lowest BCUT2D eigenvalue weighted by atomic mass is 9.97. The number of oxime groups is 1. The molecule has 0 spiro atoms. The molecule has 2 aliphatic heterocycles. The van der Waals surface area contributed by atoms with Gasteiger partial charge in [0, 0.05) is 26.0 Å². The second-order valence-electron chi connectivity index (χ2n) is 6.19. The van der Waals surface area contributed by atoms with Crippen molar-refractivity contribution in [2.45, 2.75) is 28.8 Å². The normalized spacial score (nSPS) is 27.8. The summed E-state index contributed by atoms with van der Waals surface area (Å²) in [4.78, 5) is 58.5. The largest absolute Gasteiger partial charge is 0.478 e. The minimum Gasteiger partial charge on any atom is -0.478 e. The van der Waals surface area contributed by atoms with E-state index in [0.717, 1.165) is 16.7 Å². The first-order valence-electron chi connectivity index (χ1n) is 8.62. The molecule has 3 heterocycles. The fourth-order valence-corrected chi connectivity index (χ4v) is 5.77. The van der Waals surface area contributed by atoms with Crippen LogP contribution in [0, 0.1) is 0 Å². The maximum Gasteiger partial charge on any atom is 0.358 e. The van der Waals surface area contributed by atoms with Crippen LogP contribution in [0.5, 0.6) is 0 Å². The van der Waals surface area contributed by atoms with Crippen LogP contribution in [-0.4, -0.2) is 88.4 Å². The smallest absolute Gasteiger partial charge is 0.358 e. The molecule has 0 radical (unpaired) electrons. The zero-order valence-electron chi connectivity index (χ0n) is 16.1. The first-order valence-corrected chi connectivity index (χ1v) is 10.4. The number of carbonyl (C=O) groups excluding carboxylic acids is 3. The van der Waals surface area contributed by atoms with E-state index in [0.29, 0.717) is 11.4 Å². The van der Waals surface area contributed by atoms with Crippen LogP contribution in [0.15, 0.2) is 10.5 Å². The summed E-state index contributed by atoms with van der Waals surface area (Å²) in [5.41, 5.74) is -1.86. The molecule has 2 fully saturated rings. The molecule has 2 aliphatic rings. The molecule has 2 saturated heterocycles. The molecule has 0 aliphatic carbocycles. The molecule has 2 amide bonds. The number of anilines is 1. The van der Waals surface area contributed by atoms with Gasteiger partial charge in [-0.15, -0.1) is 23.1 Å². The Balaban J connectivity index is 1.82. The fraction of sp³-hybridized carbons (Fsp3) is 0.500. The number of aromatic nitrogens is 1. The molecule has 12 nitrogen and oxygen atoms in total. The highest BCUT2D eigenvalue weighted by Gasteiger charge is 2.70. The molecular weight excluding hydrogens is 438 g/mol. The molecule has 1 aromatic rings. The number of methoxy groups -OCH3 is 1. The molecule has 0 aromatic carbocycles. The second kappa shape index (κ2) is 8.57. The summed E-state index contributed by atoms with van der Waals surface area (Å²) in [7, 11) is 4.11. The van der Waals surface area contributed by atoms with Gasteiger partial charge >= 0.3 is 5.97 Å². The Bertz CT molecular complexity index is 906. The van der Waals surface area contributed by atoms with Gasteiger partial charge in [0.25, 0.3) is 17.5 Å². The summed E-state index contributed by atoms with van der Waals surface area (Å²) in [6.07, 6.45) is 0.441. The van der Waals surface area contributed by atoms with Gasteiger partial charge in [-0.3, -0.25) is 14.5 Å². The Hall–Kier alpha value is -2.71. The summed E-state index contributed by atoms with van der Waals surface area (Å²) >= 11 is 2.34. The lowest BCUT2D eigenvalue weighted by Gasteiger charge is -2.47. The lowest BCUT2D eigenvalue weighted by Crippen LogP contribution is -2.75. The fourth-order valence-electron chi connectivity index (χ4n) is 3.37. The Morgan fingerprint density at radius 2 is 2.20 bits per heavy atom. The SMILES string of the molecule is CNc1nc(/C(=N\OC)C(=O)N[C@@H]2C(=O)N3C2S[C@@H](CC=O)[C@]3(OC)C(=O)O)cs1. The molecule has 3 rings (SSSR count). The quantitative estimate of drug-likeness (QED) is 0.188. The third-order valence-electron chi connectivity index (χ3n) is 4.71. The molecule has 3 N–H and O–H groups in total. The van der Waals surface area contributed by atoms with Crippen molar-refractivity contribution in [2.24, 2.45) is 5.16 Å². The number of thiazole rings is 1. The monoisotopic (exact) mass is 457 g/mol. The number of carboxylic acids is 1. The maximum absolute atomic E-state index is 12.8. The van der Waals surface area contributed by atoms with E-state index in [1.54, 1.807) is 12.4 Å². The van der Waals surface area contributed by atoms with Crippen LogP contribution in [0.3, 0.4) is 0 Å². The van der Waals surface area contributed by atoms with Gasteiger partial charge in [0.2, 0.25) is 0 Å². The molecule has 30 heavy (non-hydrogen) atoms. The number of rotatable bonds is 9. The van der Waals surface area contributed by atoms with Crippen LogP contribution in [0.25, 0.3) is 0 Å². The van der Waals surface area contributed by atoms with Gasteiger partial charge in [-0.1, -0.05) is 5.16 Å². The lowest BCUT2D eigenvalue weighted by molar-refractivity contribution is -0.206. The van der Waals surface area contributed by atoms with Gasteiger partial charge in [0.1, 0.15) is 30.5 Å². The third-order valence-corrected chi connectivity index (χ3v) is 7.18. The van der Waals surface area contributed by atoms with Crippen LogP contribution in [0.2, 0.25) is 0 Å². The van der Waals surface area contributed by atoms with E-state index in [-0.39, 0.29) is 17.8 Å². The number of nitrogens with one attached hydrogen (secondary N) is 2. The van der Waals surface area contributed by atoms with E-state index >= 15 is 0 Å². The van der Waals surface area contributed by atoms with Crippen molar-refractivity contribution in [3.8, 4) is 0 Å². The summed E-state index contributed by atoms with van der Waals surface area (Å²) in [5.74, 6) is -2.72. The van der Waals surface area contributed by atoms with Crippen LogP contribution >= 0.6 is 23.1 Å². The molecule has 1 unspecified atom stereocenters. The summed E-state index contributed by atoms with van der Waals surface area (Å²) < 4.78 is 5.21. The second-order valence-corrected chi connectivity index (χ2v) is 8.38.